The number of alkyl halides is 5. The highest BCUT2D eigenvalue weighted by molar-refractivity contribution is 4.79. The first kappa shape index (κ1) is 20.2. The molecule has 0 aromatic rings. The van der Waals surface area contributed by atoms with Gasteiger partial charge in [-0.25, -0.2) is 0 Å². The highest BCUT2D eigenvalue weighted by Gasteiger charge is 2.56. The molecule has 7 heteroatoms. The SMILES string of the molecule is FC(F)=CCCCCCCCCCCC(F)(F)C(F)(F)F. The maximum absolute atomic E-state index is 12.6. The van der Waals surface area contributed by atoms with Gasteiger partial charge in [0.1, 0.15) is 0 Å². The lowest BCUT2D eigenvalue weighted by Crippen LogP contribution is -2.36. The fourth-order valence-corrected chi connectivity index (χ4v) is 1.90. The fraction of sp³-hybridized carbons (Fsp3) is 0.857. The summed E-state index contributed by atoms with van der Waals surface area (Å²) in [5.41, 5.74) is 0. The number of halogens is 7. The van der Waals surface area contributed by atoms with E-state index in [1.54, 1.807) is 0 Å². The topological polar surface area (TPSA) is 0 Å². The molecule has 0 atom stereocenters. The molecule has 0 N–H and O–H groups in total. The Kier molecular flexibility index (Phi) is 9.70. The van der Waals surface area contributed by atoms with Crippen molar-refractivity contribution in [1.29, 1.82) is 0 Å². The molecule has 0 aromatic carbocycles. The van der Waals surface area contributed by atoms with E-state index in [0.29, 0.717) is 25.7 Å². The molecule has 0 amide bonds. The largest absolute Gasteiger partial charge is 0.453 e. The highest BCUT2D eigenvalue weighted by Crippen LogP contribution is 2.39. The van der Waals surface area contributed by atoms with Gasteiger partial charge in [0.05, 0.1) is 0 Å². The van der Waals surface area contributed by atoms with Crippen LogP contribution in [0.25, 0.3) is 0 Å². The van der Waals surface area contributed by atoms with Crippen LogP contribution in [0.4, 0.5) is 30.7 Å². The third-order valence-electron chi connectivity index (χ3n) is 3.16. The van der Waals surface area contributed by atoms with Gasteiger partial charge in [-0.1, -0.05) is 38.5 Å². The van der Waals surface area contributed by atoms with Gasteiger partial charge >= 0.3 is 12.1 Å². The van der Waals surface area contributed by atoms with Crippen LogP contribution in [0.15, 0.2) is 12.2 Å². The van der Waals surface area contributed by atoms with Gasteiger partial charge in [0.2, 0.25) is 0 Å². The van der Waals surface area contributed by atoms with Crippen molar-refractivity contribution in [3.05, 3.63) is 12.2 Å². The summed E-state index contributed by atoms with van der Waals surface area (Å²) in [6, 6.07) is 0. The summed E-state index contributed by atoms with van der Waals surface area (Å²) >= 11 is 0. The molecule has 0 spiro atoms. The lowest BCUT2D eigenvalue weighted by molar-refractivity contribution is -0.284. The van der Waals surface area contributed by atoms with E-state index in [1.807, 2.05) is 0 Å². The molecule has 0 aliphatic heterocycles. The van der Waals surface area contributed by atoms with Crippen LogP contribution in [-0.2, 0) is 0 Å². The van der Waals surface area contributed by atoms with Gasteiger partial charge in [-0.05, 0) is 25.3 Å². The Balaban J connectivity index is 3.40. The van der Waals surface area contributed by atoms with Gasteiger partial charge in [-0.3, -0.25) is 0 Å². The van der Waals surface area contributed by atoms with Crippen molar-refractivity contribution in [2.24, 2.45) is 0 Å². The summed E-state index contributed by atoms with van der Waals surface area (Å²) in [7, 11) is 0. The number of hydrogen-bond acceptors (Lipinski definition) is 0. The van der Waals surface area contributed by atoms with E-state index in [2.05, 4.69) is 0 Å². The van der Waals surface area contributed by atoms with Crippen LogP contribution < -0.4 is 0 Å². The minimum Gasteiger partial charge on any atom is -0.196 e. The maximum Gasteiger partial charge on any atom is 0.453 e. The highest BCUT2D eigenvalue weighted by atomic mass is 19.4. The molecule has 0 aromatic heterocycles. The van der Waals surface area contributed by atoms with Crippen LogP contribution in [0, 0.1) is 0 Å². The second-order valence-electron chi connectivity index (χ2n) is 5.06. The van der Waals surface area contributed by atoms with E-state index in [1.165, 1.54) is 0 Å². The molecule has 0 saturated heterocycles. The third-order valence-corrected chi connectivity index (χ3v) is 3.16. The lowest BCUT2D eigenvalue weighted by atomic mass is 10.0. The first-order valence-corrected chi connectivity index (χ1v) is 7.12. The smallest absolute Gasteiger partial charge is 0.196 e. The predicted molar refractivity (Wildman–Crippen MR) is 67.5 cm³/mol. The van der Waals surface area contributed by atoms with Gasteiger partial charge in [0, 0.05) is 6.42 Å². The Morgan fingerprint density at radius 2 is 1.10 bits per heavy atom. The summed E-state index contributed by atoms with van der Waals surface area (Å²) in [5, 5.41) is 0. The minimum atomic E-state index is -5.46. The summed E-state index contributed by atoms with van der Waals surface area (Å²) in [6.07, 6.45) is -2.28. The number of allylic oxidation sites excluding steroid dienone is 1. The van der Waals surface area contributed by atoms with Gasteiger partial charge in [-0.15, -0.1) is 0 Å². The molecule has 0 radical (unpaired) electrons. The molecule has 0 saturated carbocycles. The van der Waals surface area contributed by atoms with Crippen LogP contribution in [0.2, 0.25) is 0 Å². The van der Waals surface area contributed by atoms with Crippen molar-refractivity contribution >= 4 is 0 Å². The summed E-state index contributed by atoms with van der Waals surface area (Å²) in [4.78, 5) is 0. The van der Waals surface area contributed by atoms with E-state index in [9.17, 15) is 30.7 Å². The van der Waals surface area contributed by atoms with Gasteiger partial charge in [0.25, 0.3) is 6.08 Å². The monoisotopic (exact) mass is 322 g/mol. The Morgan fingerprint density at radius 1 is 0.667 bits per heavy atom. The molecule has 0 aliphatic carbocycles. The quantitative estimate of drug-likeness (QED) is 0.288. The zero-order valence-corrected chi connectivity index (χ0v) is 11.8. The number of hydrogen-bond donors (Lipinski definition) is 0. The van der Waals surface area contributed by atoms with Crippen LogP contribution in [-0.4, -0.2) is 12.1 Å². The average molecular weight is 322 g/mol. The standard InChI is InChI=1S/C14H21F7/c15-12(16)10-8-6-4-2-1-3-5-7-9-11-13(17,18)14(19,20)21/h10H,1-9,11H2. The maximum atomic E-state index is 12.6. The van der Waals surface area contributed by atoms with E-state index in [0.717, 1.165) is 31.8 Å². The van der Waals surface area contributed by atoms with Crippen LogP contribution >= 0.6 is 0 Å². The Hall–Kier alpha value is -0.750. The van der Waals surface area contributed by atoms with E-state index in [4.69, 9.17) is 0 Å². The Labute approximate surface area is 120 Å². The second kappa shape index (κ2) is 10.1. The molecule has 0 unspecified atom stereocenters. The van der Waals surface area contributed by atoms with Crippen LogP contribution in [0.5, 0.6) is 0 Å². The van der Waals surface area contributed by atoms with Crippen molar-refractivity contribution in [2.75, 3.05) is 0 Å². The third kappa shape index (κ3) is 10.6. The zero-order chi connectivity index (χ0) is 16.4. The van der Waals surface area contributed by atoms with E-state index in [-0.39, 0.29) is 6.42 Å². The van der Waals surface area contributed by atoms with Crippen molar-refractivity contribution < 1.29 is 30.7 Å². The van der Waals surface area contributed by atoms with Crippen molar-refractivity contribution in [1.82, 2.24) is 0 Å². The van der Waals surface area contributed by atoms with Crippen LogP contribution in [0.1, 0.15) is 64.2 Å². The summed E-state index contributed by atoms with van der Waals surface area (Å²) in [6.45, 7) is 0. The average Bonchev–Trinajstić information content (AvgIpc) is 2.34. The zero-order valence-electron chi connectivity index (χ0n) is 11.8. The molecule has 0 nitrogen and oxygen atoms in total. The molecular formula is C14H21F7. The van der Waals surface area contributed by atoms with Crippen molar-refractivity contribution in [3.63, 3.8) is 0 Å². The minimum absolute atomic E-state index is 0.146. The molecular weight excluding hydrogens is 301 g/mol. The Bertz CT molecular complexity index is 290. The number of unbranched alkanes of at least 4 members (excludes halogenated alkanes) is 8. The fourth-order valence-electron chi connectivity index (χ4n) is 1.90. The van der Waals surface area contributed by atoms with Crippen LogP contribution in [0.3, 0.4) is 0 Å². The van der Waals surface area contributed by atoms with Gasteiger partial charge in [-0.2, -0.15) is 30.7 Å². The van der Waals surface area contributed by atoms with Crippen molar-refractivity contribution in [3.8, 4) is 0 Å². The lowest BCUT2D eigenvalue weighted by Gasteiger charge is -2.19. The molecule has 0 rings (SSSR count). The predicted octanol–water partition coefficient (Wildman–Crippen LogP) is 6.87. The summed E-state index contributed by atoms with van der Waals surface area (Å²) in [5.74, 6) is -4.59. The van der Waals surface area contributed by atoms with E-state index >= 15 is 0 Å². The molecule has 21 heavy (non-hydrogen) atoms. The molecule has 0 bridgehead atoms. The first-order valence-electron chi connectivity index (χ1n) is 7.12. The normalized spacial score (nSPS) is 12.5. The Morgan fingerprint density at radius 3 is 1.52 bits per heavy atom. The van der Waals surface area contributed by atoms with Gasteiger partial charge in [0.15, 0.2) is 0 Å². The molecule has 126 valence electrons. The van der Waals surface area contributed by atoms with E-state index < -0.39 is 24.6 Å². The second-order valence-corrected chi connectivity index (χ2v) is 5.06. The molecule has 0 aliphatic rings. The number of rotatable bonds is 11. The molecule has 0 fully saturated rings. The van der Waals surface area contributed by atoms with Gasteiger partial charge < -0.3 is 0 Å². The summed E-state index contributed by atoms with van der Waals surface area (Å²) < 4.78 is 84.0. The van der Waals surface area contributed by atoms with Crippen molar-refractivity contribution in [2.45, 2.75) is 76.3 Å². The molecule has 0 heterocycles. The first-order chi connectivity index (χ1) is 9.67.